The number of carbonyl (C=O) groups is 2. The summed E-state index contributed by atoms with van der Waals surface area (Å²) in [6, 6.07) is 0. The molecule has 3 N–H and O–H groups in total. The van der Waals surface area contributed by atoms with E-state index in [2.05, 4.69) is 19.2 Å². The van der Waals surface area contributed by atoms with E-state index in [1.165, 1.54) is 32.1 Å². The molecule has 1 aliphatic rings. The highest BCUT2D eigenvalue weighted by molar-refractivity contribution is 6.34. The summed E-state index contributed by atoms with van der Waals surface area (Å²) in [5.41, 5.74) is 4.94. The van der Waals surface area contributed by atoms with Gasteiger partial charge in [-0.2, -0.15) is 0 Å². The van der Waals surface area contributed by atoms with E-state index < -0.39 is 11.8 Å². The summed E-state index contributed by atoms with van der Waals surface area (Å²) in [7, 11) is 0. The number of rotatable bonds is 3. The summed E-state index contributed by atoms with van der Waals surface area (Å²) in [6.45, 7) is 4.81. The molecular weight excluding hydrogens is 204 g/mol. The Bertz CT molecular complexity index is 268. The van der Waals surface area contributed by atoms with E-state index in [1.54, 1.807) is 0 Å². The number of amides is 2. The molecule has 1 rings (SSSR count). The van der Waals surface area contributed by atoms with Crippen LogP contribution >= 0.6 is 0 Å². The average molecular weight is 226 g/mol. The third-order valence-electron chi connectivity index (χ3n) is 3.64. The van der Waals surface area contributed by atoms with Gasteiger partial charge in [0, 0.05) is 6.54 Å². The van der Waals surface area contributed by atoms with E-state index in [1.807, 2.05) is 0 Å². The second kappa shape index (κ2) is 5.32. The van der Waals surface area contributed by atoms with Gasteiger partial charge >= 0.3 is 11.8 Å². The van der Waals surface area contributed by atoms with Crippen LogP contribution in [0.5, 0.6) is 0 Å². The van der Waals surface area contributed by atoms with Gasteiger partial charge in [-0.25, -0.2) is 0 Å². The van der Waals surface area contributed by atoms with Crippen LogP contribution in [0, 0.1) is 11.3 Å². The summed E-state index contributed by atoms with van der Waals surface area (Å²) >= 11 is 0. The van der Waals surface area contributed by atoms with Gasteiger partial charge in [-0.05, 0) is 24.2 Å². The van der Waals surface area contributed by atoms with Gasteiger partial charge < -0.3 is 11.1 Å². The standard InChI is InChI=1S/C12H22N2O2/c1-12(2,8-14-11(16)10(13)15)9-6-4-3-5-7-9/h9H,3-8H2,1-2H3,(H2,13,15)(H,14,16). The van der Waals surface area contributed by atoms with Gasteiger partial charge in [-0.1, -0.05) is 33.1 Å². The number of primary amides is 1. The molecule has 1 fully saturated rings. The zero-order valence-electron chi connectivity index (χ0n) is 10.2. The lowest BCUT2D eigenvalue weighted by Crippen LogP contribution is -2.43. The zero-order chi connectivity index (χ0) is 12.2. The van der Waals surface area contributed by atoms with Crippen molar-refractivity contribution in [1.82, 2.24) is 5.32 Å². The van der Waals surface area contributed by atoms with Gasteiger partial charge in [0.1, 0.15) is 0 Å². The fourth-order valence-corrected chi connectivity index (χ4v) is 2.42. The third kappa shape index (κ3) is 3.51. The van der Waals surface area contributed by atoms with Crippen molar-refractivity contribution >= 4 is 11.8 Å². The third-order valence-corrected chi connectivity index (χ3v) is 3.64. The smallest absolute Gasteiger partial charge is 0.309 e. The second-order valence-electron chi connectivity index (χ2n) is 5.37. The van der Waals surface area contributed by atoms with Crippen LogP contribution in [0.25, 0.3) is 0 Å². The van der Waals surface area contributed by atoms with Gasteiger partial charge in [0.05, 0.1) is 0 Å². The largest absolute Gasteiger partial charge is 0.361 e. The predicted octanol–water partition coefficient (Wildman–Crippen LogP) is 1.19. The molecule has 0 unspecified atom stereocenters. The lowest BCUT2D eigenvalue weighted by Gasteiger charge is -2.37. The van der Waals surface area contributed by atoms with Crippen molar-refractivity contribution in [3.8, 4) is 0 Å². The molecule has 0 atom stereocenters. The van der Waals surface area contributed by atoms with Crippen molar-refractivity contribution in [1.29, 1.82) is 0 Å². The highest BCUT2D eigenvalue weighted by atomic mass is 16.2. The number of hydrogen-bond donors (Lipinski definition) is 2. The molecule has 0 bridgehead atoms. The predicted molar refractivity (Wildman–Crippen MR) is 62.6 cm³/mol. The normalized spacial score (nSPS) is 18.1. The Morgan fingerprint density at radius 2 is 1.81 bits per heavy atom. The highest BCUT2D eigenvalue weighted by Gasteiger charge is 2.31. The molecule has 0 aromatic rings. The van der Waals surface area contributed by atoms with E-state index >= 15 is 0 Å². The summed E-state index contributed by atoms with van der Waals surface area (Å²) in [6.07, 6.45) is 6.31. The van der Waals surface area contributed by atoms with Crippen molar-refractivity contribution < 1.29 is 9.59 Å². The van der Waals surface area contributed by atoms with Crippen LogP contribution < -0.4 is 11.1 Å². The lowest BCUT2D eigenvalue weighted by atomic mass is 9.71. The van der Waals surface area contributed by atoms with Gasteiger partial charge in [0.2, 0.25) is 0 Å². The molecule has 92 valence electrons. The number of nitrogens with one attached hydrogen (secondary N) is 1. The minimum absolute atomic E-state index is 0.0472. The van der Waals surface area contributed by atoms with Gasteiger partial charge in [0.25, 0.3) is 0 Å². The molecule has 0 aromatic carbocycles. The molecule has 0 aliphatic heterocycles. The summed E-state index contributed by atoms with van der Waals surface area (Å²) in [5, 5.41) is 2.61. The van der Waals surface area contributed by atoms with E-state index in [-0.39, 0.29) is 5.41 Å². The number of nitrogens with two attached hydrogens (primary N) is 1. The molecule has 0 radical (unpaired) electrons. The van der Waals surface area contributed by atoms with Gasteiger partial charge in [-0.15, -0.1) is 0 Å². The van der Waals surface area contributed by atoms with E-state index in [9.17, 15) is 9.59 Å². The molecule has 0 aromatic heterocycles. The SMILES string of the molecule is CC(C)(CNC(=O)C(N)=O)C1CCCCC1. The summed E-state index contributed by atoms with van der Waals surface area (Å²) < 4.78 is 0. The molecule has 0 saturated heterocycles. The Kier molecular flexibility index (Phi) is 4.33. The molecule has 2 amide bonds. The second-order valence-corrected chi connectivity index (χ2v) is 5.37. The van der Waals surface area contributed by atoms with Crippen LogP contribution in [0.2, 0.25) is 0 Å². The van der Waals surface area contributed by atoms with Gasteiger partial charge in [-0.3, -0.25) is 9.59 Å². The minimum Gasteiger partial charge on any atom is -0.361 e. The number of hydrogen-bond acceptors (Lipinski definition) is 2. The van der Waals surface area contributed by atoms with E-state index in [0.717, 1.165) is 0 Å². The van der Waals surface area contributed by atoms with Crippen molar-refractivity contribution in [2.45, 2.75) is 46.0 Å². The van der Waals surface area contributed by atoms with Crippen LogP contribution in [0.3, 0.4) is 0 Å². The minimum atomic E-state index is -0.903. The summed E-state index contributed by atoms with van der Waals surface area (Å²) in [5.74, 6) is -0.947. The van der Waals surface area contributed by atoms with Crippen LogP contribution in [0.15, 0.2) is 0 Å². The van der Waals surface area contributed by atoms with Gasteiger partial charge in [0.15, 0.2) is 0 Å². The summed E-state index contributed by atoms with van der Waals surface area (Å²) in [4.78, 5) is 21.7. The molecule has 1 aliphatic carbocycles. The molecule has 16 heavy (non-hydrogen) atoms. The zero-order valence-corrected chi connectivity index (χ0v) is 10.2. The topological polar surface area (TPSA) is 72.2 Å². The van der Waals surface area contributed by atoms with Crippen molar-refractivity contribution in [3.05, 3.63) is 0 Å². The molecule has 0 spiro atoms. The first-order chi connectivity index (χ1) is 7.43. The Morgan fingerprint density at radius 1 is 1.25 bits per heavy atom. The molecule has 4 nitrogen and oxygen atoms in total. The Balaban J connectivity index is 2.43. The molecule has 4 heteroatoms. The van der Waals surface area contributed by atoms with Crippen LogP contribution in [0.1, 0.15) is 46.0 Å². The lowest BCUT2D eigenvalue weighted by molar-refractivity contribution is -0.137. The van der Waals surface area contributed by atoms with Crippen molar-refractivity contribution in [3.63, 3.8) is 0 Å². The van der Waals surface area contributed by atoms with E-state index in [4.69, 9.17) is 5.73 Å². The average Bonchev–Trinajstić information content (AvgIpc) is 2.27. The quantitative estimate of drug-likeness (QED) is 0.710. The monoisotopic (exact) mass is 226 g/mol. The first kappa shape index (κ1) is 13.0. The maximum atomic E-state index is 11.1. The highest BCUT2D eigenvalue weighted by Crippen LogP contribution is 2.37. The van der Waals surface area contributed by atoms with E-state index in [0.29, 0.717) is 12.5 Å². The maximum Gasteiger partial charge on any atom is 0.309 e. The Morgan fingerprint density at radius 3 is 2.31 bits per heavy atom. The first-order valence-electron chi connectivity index (χ1n) is 6.01. The fraction of sp³-hybridized carbons (Fsp3) is 0.833. The number of carbonyl (C=O) groups excluding carboxylic acids is 2. The molecule has 1 saturated carbocycles. The van der Waals surface area contributed by atoms with Crippen molar-refractivity contribution in [2.24, 2.45) is 17.1 Å². The van der Waals surface area contributed by atoms with Crippen LogP contribution in [0.4, 0.5) is 0 Å². The van der Waals surface area contributed by atoms with Crippen LogP contribution in [-0.4, -0.2) is 18.4 Å². The molecular formula is C12H22N2O2. The van der Waals surface area contributed by atoms with Crippen LogP contribution in [-0.2, 0) is 9.59 Å². The Hall–Kier alpha value is -1.06. The maximum absolute atomic E-state index is 11.1. The molecule has 0 heterocycles. The Labute approximate surface area is 97.0 Å². The first-order valence-corrected chi connectivity index (χ1v) is 6.01. The fourth-order valence-electron chi connectivity index (χ4n) is 2.42. The van der Waals surface area contributed by atoms with Crippen molar-refractivity contribution in [2.75, 3.05) is 6.54 Å².